The third kappa shape index (κ3) is 7.29. The van der Waals surface area contributed by atoms with Crippen LogP contribution in [0.25, 0.3) is 0 Å². The summed E-state index contributed by atoms with van der Waals surface area (Å²) in [5.41, 5.74) is 0.0697. The number of halogens is 4. The first-order chi connectivity index (χ1) is 18.4. The van der Waals surface area contributed by atoms with Gasteiger partial charge in [0, 0.05) is 33.1 Å². The van der Waals surface area contributed by atoms with Gasteiger partial charge in [0.15, 0.2) is 0 Å². The highest BCUT2D eigenvalue weighted by atomic mass is 19.4. The average Bonchev–Trinajstić information content (AvgIpc) is 2.83. The smallest absolute Gasteiger partial charge is 0.397 e. The van der Waals surface area contributed by atoms with Gasteiger partial charge < -0.3 is 18.9 Å². The number of hydrogen-bond acceptors (Lipinski definition) is 6. The molecule has 2 aromatic carbocycles. The van der Waals surface area contributed by atoms with E-state index in [0.29, 0.717) is 36.1 Å². The summed E-state index contributed by atoms with van der Waals surface area (Å²) < 4.78 is 76.9. The van der Waals surface area contributed by atoms with Crippen LogP contribution in [-0.4, -0.2) is 43.5 Å². The van der Waals surface area contributed by atoms with Crippen LogP contribution in [0.15, 0.2) is 42.5 Å². The van der Waals surface area contributed by atoms with Gasteiger partial charge in [-0.3, -0.25) is 9.59 Å². The summed E-state index contributed by atoms with van der Waals surface area (Å²) in [5, 5.41) is 0. The number of esters is 2. The van der Waals surface area contributed by atoms with Crippen molar-refractivity contribution in [1.82, 2.24) is 0 Å². The summed E-state index contributed by atoms with van der Waals surface area (Å²) in [5.74, 6) is -0.970. The first kappa shape index (κ1) is 28.9. The third-order valence-electron chi connectivity index (χ3n) is 7.35. The van der Waals surface area contributed by atoms with Gasteiger partial charge in [0.2, 0.25) is 0 Å². The van der Waals surface area contributed by atoms with Gasteiger partial charge >= 0.3 is 18.1 Å². The lowest BCUT2D eigenvalue weighted by Gasteiger charge is -2.42. The van der Waals surface area contributed by atoms with Crippen molar-refractivity contribution in [2.75, 3.05) is 13.2 Å². The van der Waals surface area contributed by atoms with Crippen molar-refractivity contribution in [3.8, 4) is 5.75 Å². The van der Waals surface area contributed by atoms with Crippen molar-refractivity contribution < 1.29 is 46.1 Å². The molecule has 6 nitrogen and oxygen atoms in total. The van der Waals surface area contributed by atoms with Crippen LogP contribution >= 0.6 is 0 Å². The number of carbonyl (C=O) groups excluding carboxylic acids is 2. The van der Waals surface area contributed by atoms with Gasteiger partial charge in [0.25, 0.3) is 0 Å². The molecule has 3 unspecified atom stereocenters. The number of carbonyl (C=O) groups is 2. The summed E-state index contributed by atoms with van der Waals surface area (Å²) in [7, 11) is 0. The Kier molecular flexibility index (Phi) is 8.83. The third-order valence-corrected chi connectivity index (χ3v) is 7.35. The Morgan fingerprint density at radius 2 is 1.74 bits per heavy atom. The maximum atomic E-state index is 14.7. The molecule has 10 heteroatoms. The molecule has 4 rings (SSSR count). The summed E-state index contributed by atoms with van der Waals surface area (Å²) in [4.78, 5) is 22.8. The Hall–Kier alpha value is -3.14. The zero-order valence-corrected chi connectivity index (χ0v) is 21.9. The second kappa shape index (κ2) is 11.9. The standard InChI is InChI=1S/C29H32F4O6/c1-18(34)36-16-25-14-24(38-19(2)35)15-27(39-25)21-6-9-26(30)22(13-21)12-20-4-7-23(8-5-20)37-17-28(10-3-11-28)29(31,32)33/h4-9,13,24-25,27H,3,10-12,14-17H2,1-2H3. The lowest BCUT2D eigenvalue weighted by molar-refractivity contribution is -0.259. The van der Waals surface area contributed by atoms with Gasteiger partial charge in [-0.05, 0) is 53.8 Å². The predicted molar refractivity (Wildman–Crippen MR) is 133 cm³/mol. The molecule has 2 aromatic rings. The van der Waals surface area contributed by atoms with E-state index in [1.807, 2.05) is 0 Å². The Balaban J connectivity index is 1.43. The second-order valence-corrected chi connectivity index (χ2v) is 10.3. The molecule has 3 atom stereocenters. The molecule has 1 aliphatic heterocycles. The molecule has 0 aromatic heterocycles. The largest absolute Gasteiger partial charge is 0.493 e. The first-order valence-electron chi connectivity index (χ1n) is 13.0. The number of rotatable bonds is 9. The fourth-order valence-corrected chi connectivity index (χ4v) is 5.02. The maximum absolute atomic E-state index is 14.7. The number of alkyl halides is 3. The number of benzene rings is 2. The van der Waals surface area contributed by atoms with Gasteiger partial charge in [-0.1, -0.05) is 24.6 Å². The average molecular weight is 553 g/mol. The van der Waals surface area contributed by atoms with E-state index in [1.165, 1.54) is 19.9 Å². The lowest BCUT2D eigenvalue weighted by Crippen LogP contribution is -2.48. The van der Waals surface area contributed by atoms with Crippen molar-refractivity contribution in [3.63, 3.8) is 0 Å². The van der Waals surface area contributed by atoms with Gasteiger partial charge in [-0.25, -0.2) is 4.39 Å². The number of ether oxygens (including phenoxy) is 4. The van der Waals surface area contributed by atoms with E-state index in [4.69, 9.17) is 18.9 Å². The summed E-state index contributed by atoms with van der Waals surface area (Å²) >= 11 is 0. The Bertz CT molecular complexity index is 1160. The Labute approximate surface area is 224 Å². The molecule has 1 heterocycles. The minimum absolute atomic E-state index is 0.0101. The zero-order valence-electron chi connectivity index (χ0n) is 21.9. The van der Waals surface area contributed by atoms with Crippen molar-refractivity contribution in [1.29, 1.82) is 0 Å². The van der Waals surface area contributed by atoms with E-state index in [9.17, 15) is 27.2 Å². The summed E-state index contributed by atoms with van der Waals surface area (Å²) in [6, 6.07) is 11.2. The molecular weight excluding hydrogens is 520 g/mol. The first-order valence-corrected chi connectivity index (χ1v) is 13.0. The fraction of sp³-hybridized carbons (Fsp3) is 0.517. The second-order valence-electron chi connectivity index (χ2n) is 10.3. The van der Waals surface area contributed by atoms with Crippen LogP contribution in [0.3, 0.4) is 0 Å². The quantitative estimate of drug-likeness (QED) is 0.271. The summed E-state index contributed by atoms with van der Waals surface area (Å²) in [6.45, 7) is 2.21. The van der Waals surface area contributed by atoms with Crippen LogP contribution in [0.1, 0.15) is 68.7 Å². The van der Waals surface area contributed by atoms with Crippen LogP contribution in [0.2, 0.25) is 0 Å². The SMILES string of the molecule is CC(=O)OCC1CC(OC(C)=O)CC(c2ccc(F)c(Cc3ccc(OCC4(C(F)(F)F)CCC4)cc3)c2)O1. The monoisotopic (exact) mass is 552 g/mol. The molecule has 39 heavy (non-hydrogen) atoms. The van der Waals surface area contributed by atoms with E-state index in [1.54, 1.807) is 36.4 Å². The molecule has 0 amide bonds. The molecule has 2 fully saturated rings. The highest BCUT2D eigenvalue weighted by Crippen LogP contribution is 2.53. The van der Waals surface area contributed by atoms with Gasteiger partial charge in [0.05, 0.1) is 17.6 Å². The molecule has 1 saturated carbocycles. The summed E-state index contributed by atoms with van der Waals surface area (Å²) in [6.07, 6.45) is -4.09. The van der Waals surface area contributed by atoms with Crippen LogP contribution < -0.4 is 4.74 Å². The topological polar surface area (TPSA) is 71.1 Å². The Morgan fingerprint density at radius 1 is 1.03 bits per heavy atom. The maximum Gasteiger partial charge on any atom is 0.397 e. The van der Waals surface area contributed by atoms with Crippen molar-refractivity contribution in [2.45, 2.75) is 76.9 Å². The van der Waals surface area contributed by atoms with Gasteiger partial charge in [0.1, 0.15) is 30.9 Å². The number of hydrogen-bond donors (Lipinski definition) is 0. The molecule has 0 N–H and O–H groups in total. The molecule has 212 valence electrons. The molecule has 0 spiro atoms. The van der Waals surface area contributed by atoms with Crippen LogP contribution in [0, 0.1) is 11.2 Å². The molecule has 0 radical (unpaired) electrons. The van der Waals surface area contributed by atoms with Crippen LogP contribution in [-0.2, 0) is 30.2 Å². The fourth-order valence-electron chi connectivity index (χ4n) is 5.02. The van der Waals surface area contributed by atoms with Gasteiger partial charge in [-0.15, -0.1) is 0 Å². The van der Waals surface area contributed by atoms with E-state index in [0.717, 1.165) is 5.56 Å². The molecule has 1 aliphatic carbocycles. The normalized spacial score (nSPS) is 22.5. The molecule has 1 saturated heterocycles. The van der Waals surface area contributed by atoms with Crippen LogP contribution in [0.4, 0.5) is 17.6 Å². The minimum atomic E-state index is -4.30. The minimum Gasteiger partial charge on any atom is -0.493 e. The van der Waals surface area contributed by atoms with Crippen molar-refractivity contribution in [3.05, 3.63) is 65.0 Å². The van der Waals surface area contributed by atoms with E-state index < -0.39 is 54.3 Å². The van der Waals surface area contributed by atoms with Gasteiger partial charge in [-0.2, -0.15) is 13.2 Å². The van der Waals surface area contributed by atoms with E-state index in [-0.39, 0.29) is 25.9 Å². The van der Waals surface area contributed by atoms with Crippen molar-refractivity contribution >= 4 is 11.9 Å². The highest BCUT2D eigenvalue weighted by molar-refractivity contribution is 5.66. The van der Waals surface area contributed by atoms with Crippen LogP contribution in [0.5, 0.6) is 5.75 Å². The molecular formula is C29H32F4O6. The van der Waals surface area contributed by atoms with E-state index >= 15 is 0 Å². The zero-order chi connectivity index (χ0) is 28.2. The Morgan fingerprint density at radius 3 is 2.33 bits per heavy atom. The highest BCUT2D eigenvalue weighted by Gasteiger charge is 2.58. The predicted octanol–water partition coefficient (Wildman–Crippen LogP) is 6.24. The van der Waals surface area contributed by atoms with E-state index in [2.05, 4.69) is 0 Å². The molecule has 0 bridgehead atoms. The van der Waals surface area contributed by atoms with Crippen molar-refractivity contribution in [2.24, 2.45) is 5.41 Å². The molecule has 2 aliphatic rings. The lowest BCUT2D eigenvalue weighted by atomic mass is 9.69.